The number of nitrogens with two attached hydrogens (primary N) is 1. The third-order valence-electron chi connectivity index (χ3n) is 5.15. The fraction of sp³-hybridized carbons (Fsp3) is 0.423. The van der Waals surface area contributed by atoms with Gasteiger partial charge in [0.15, 0.2) is 0 Å². The van der Waals surface area contributed by atoms with Gasteiger partial charge in [0, 0.05) is 10.6 Å². The Morgan fingerprint density at radius 2 is 1.62 bits per heavy atom. The third-order valence-corrected chi connectivity index (χ3v) is 6.22. The van der Waals surface area contributed by atoms with Crippen molar-refractivity contribution < 1.29 is 23.8 Å². The van der Waals surface area contributed by atoms with E-state index in [0.717, 1.165) is 34.7 Å². The van der Waals surface area contributed by atoms with E-state index in [4.69, 9.17) is 5.73 Å². The topological polar surface area (TPSA) is 95.6 Å². The number of primary amides is 1. The molecule has 0 saturated carbocycles. The zero-order valence-electron chi connectivity index (χ0n) is 21.1. The first-order valence-corrected chi connectivity index (χ1v) is 12.0. The average Bonchev–Trinajstić information content (AvgIpc) is 3.13. The quantitative estimate of drug-likeness (QED) is 0.316. The molecule has 5 nitrogen and oxygen atoms in total. The van der Waals surface area contributed by atoms with Crippen molar-refractivity contribution in [2.24, 2.45) is 5.73 Å². The van der Waals surface area contributed by atoms with Crippen LogP contribution in [0.5, 0.6) is 0 Å². The van der Waals surface area contributed by atoms with E-state index in [-0.39, 0.29) is 21.6 Å². The zero-order chi connectivity index (χ0) is 26.4. The van der Waals surface area contributed by atoms with E-state index in [1.165, 1.54) is 19.9 Å². The monoisotopic (exact) mass is 494 g/mol. The summed E-state index contributed by atoms with van der Waals surface area (Å²) in [7, 11) is 0. The van der Waals surface area contributed by atoms with Gasteiger partial charge in [-0.05, 0) is 76.5 Å². The lowest BCUT2D eigenvalue weighted by Gasteiger charge is -2.18. The Labute approximate surface area is 205 Å². The standard InChI is InChI=1S/C24H30F2N2O3S.C2H6/c1-7-15(9-8-13(2)23(3,4)30)28-22-16(21(27)29)12-19(32-22)20-17(25)10-14(11-18(20)26)24(5,6)31;1-2/h8-12,28,30-31H,7H2,1-6H3,(H2,27,29);1-2H3/b13-8+,15-9+;. The number of carbonyl (C=O) groups excluding carboxylic acids is 1. The molecule has 0 aliphatic rings. The van der Waals surface area contributed by atoms with Gasteiger partial charge in [-0.2, -0.15) is 0 Å². The molecule has 0 bridgehead atoms. The van der Waals surface area contributed by atoms with Crippen molar-refractivity contribution in [2.45, 2.75) is 73.0 Å². The summed E-state index contributed by atoms with van der Waals surface area (Å²) in [5.74, 6) is -2.43. The smallest absolute Gasteiger partial charge is 0.251 e. The molecule has 34 heavy (non-hydrogen) atoms. The van der Waals surface area contributed by atoms with Crippen LogP contribution in [0.3, 0.4) is 0 Å². The maximum Gasteiger partial charge on any atom is 0.251 e. The highest BCUT2D eigenvalue weighted by Gasteiger charge is 2.24. The number of anilines is 1. The predicted molar refractivity (Wildman–Crippen MR) is 137 cm³/mol. The van der Waals surface area contributed by atoms with Gasteiger partial charge in [-0.3, -0.25) is 4.79 Å². The van der Waals surface area contributed by atoms with Crippen molar-refractivity contribution in [2.75, 3.05) is 5.32 Å². The molecule has 0 aliphatic heterocycles. The molecular weight excluding hydrogens is 458 g/mol. The second-order valence-corrected chi connectivity index (χ2v) is 9.72. The van der Waals surface area contributed by atoms with E-state index in [9.17, 15) is 23.8 Å². The van der Waals surface area contributed by atoms with Gasteiger partial charge < -0.3 is 21.3 Å². The minimum Gasteiger partial charge on any atom is -0.386 e. The molecule has 0 atom stereocenters. The van der Waals surface area contributed by atoms with Crippen LogP contribution in [0.4, 0.5) is 13.8 Å². The summed E-state index contributed by atoms with van der Waals surface area (Å²) in [5, 5.41) is 23.6. The number of rotatable bonds is 8. The molecule has 2 rings (SSSR count). The molecule has 0 aliphatic carbocycles. The van der Waals surface area contributed by atoms with Crippen LogP contribution in [0.1, 0.15) is 77.7 Å². The van der Waals surface area contributed by atoms with Crippen molar-refractivity contribution in [3.63, 3.8) is 0 Å². The lowest BCUT2D eigenvalue weighted by Crippen LogP contribution is -2.19. The van der Waals surface area contributed by atoms with Crippen LogP contribution >= 0.6 is 11.3 Å². The number of carbonyl (C=O) groups is 1. The Balaban J connectivity index is 0.00000281. The summed E-state index contributed by atoms with van der Waals surface area (Å²) in [5.41, 5.74) is 4.50. The second-order valence-electron chi connectivity index (χ2n) is 8.67. The first-order chi connectivity index (χ1) is 15.6. The van der Waals surface area contributed by atoms with Crippen molar-refractivity contribution in [1.82, 2.24) is 0 Å². The van der Waals surface area contributed by atoms with E-state index >= 15 is 0 Å². The van der Waals surface area contributed by atoms with Gasteiger partial charge in [0.1, 0.15) is 16.6 Å². The van der Waals surface area contributed by atoms with Crippen molar-refractivity contribution >= 4 is 22.2 Å². The highest BCUT2D eigenvalue weighted by atomic mass is 32.1. The molecule has 0 saturated heterocycles. The summed E-state index contributed by atoms with van der Waals surface area (Å²) in [6.45, 7) is 13.9. The van der Waals surface area contributed by atoms with Crippen LogP contribution in [0.15, 0.2) is 41.6 Å². The summed E-state index contributed by atoms with van der Waals surface area (Å²) in [6, 6.07) is 3.51. The van der Waals surface area contributed by atoms with E-state index < -0.39 is 28.7 Å². The first-order valence-electron chi connectivity index (χ1n) is 11.2. The molecule has 0 radical (unpaired) electrons. The van der Waals surface area contributed by atoms with Gasteiger partial charge in [-0.1, -0.05) is 26.8 Å². The van der Waals surface area contributed by atoms with E-state index in [1.54, 1.807) is 32.9 Å². The number of allylic oxidation sites excluding steroid dienone is 3. The summed E-state index contributed by atoms with van der Waals surface area (Å²) in [4.78, 5) is 12.2. The van der Waals surface area contributed by atoms with Crippen LogP contribution in [0.2, 0.25) is 0 Å². The molecular formula is C26H36F2N2O3S. The number of hydrogen-bond donors (Lipinski definition) is 4. The highest BCUT2D eigenvalue weighted by molar-refractivity contribution is 7.19. The lowest BCUT2D eigenvalue weighted by atomic mass is 9.96. The summed E-state index contributed by atoms with van der Waals surface area (Å²) >= 11 is 1.00. The number of halogens is 2. The van der Waals surface area contributed by atoms with Gasteiger partial charge in [0.2, 0.25) is 0 Å². The molecule has 1 aromatic carbocycles. The maximum atomic E-state index is 14.8. The fourth-order valence-electron chi connectivity index (χ4n) is 2.78. The summed E-state index contributed by atoms with van der Waals surface area (Å²) < 4.78 is 29.6. The van der Waals surface area contributed by atoms with Crippen molar-refractivity contribution in [3.8, 4) is 10.4 Å². The zero-order valence-corrected chi connectivity index (χ0v) is 22.0. The Morgan fingerprint density at radius 1 is 1.09 bits per heavy atom. The average molecular weight is 495 g/mol. The third kappa shape index (κ3) is 7.48. The Kier molecular flexibility index (Phi) is 10.2. The van der Waals surface area contributed by atoms with Crippen LogP contribution in [-0.4, -0.2) is 21.7 Å². The molecule has 1 amide bonds. The molecule has 8 heteroatoms. The molecule has 0 fully saturated rings. The molecule has 1 aromatic heterocycles. The highest BCUT2D eigenvalue weighted by Crippen LogP contribution is 2.39. The normalized spacial score (nSPS) is 12.8. The predicted octanol–water partition coefficient (Wildman–Crippen LogP) is 6.47. The van der Waals surface area contributed by atoms with Crippen molar-refractivity contribution in [3.05, 3.63) is 64.4 Å². The maximum absolute atomic E-state index is 14.8. The van der Waals surface area contributed by atoms with Gasteiger partial charge in [-0.15, -0.1) is 11.3 Å². The van der Waals surface area contributed by atoms with Gasteiger partial charge in [0.25, 0.3) is 5.91 Å². The molecule has 2 aromatic rings. The van der Waals surface area contributed by atoms with Crippen LogP contribution < -0.4 is 11.1 Å². The minimum atomic E-state index is -1.41. The first kappa shape index (κ1) is 29.5. The van der Waals surface area contributed by atoms with Crippen LogP contribution in [0, 0.1) is 11.6 Å². The van der Waals surface area contributed by atoms with Gasteiger partial charge in [-0.25, -0.2) is 8.78 Å². The number of amides is 1. The minimum absolute atomic E-state index is 0.103. The van der Waals surface area contributed by atoms with Gasteiger partial charge >= 0.3 is 0 Å². The number of hydrogen-bond acceptors (Lipinski definition) is 5. The van der Waals surface area contributed by atoms with Crippen LogP contribution in [0.25, 0.3) is 10.4 Å². The second kappa shape index (κ2) is 11.7. The Hall–Kier alpha value is -2.55. The van der Waals surface area contributed by atoms with E-state index in [2.05, 4.69) is 5.32 Å². The number of nitrogens with one attached hydrogen (secondary N) is 1. The summed E-state index contributed by atoms with van der Waals surface area (Å²) in [6.07, 6.45) is 4.11. The molecule has 0 unspecified atom stereocenters. The largest absolute Gasteiger partial charge is 0.386 e. The molecule has 1 heterocycles. The van der Waals surface area contributed by atoms with Crippen molar-refractivity contribution in [1.29, 1.82) is 0 Å². The van der Waals surface area contributed by atoms with E-state index in [0.29, 0.717) is 11.4 Å². The molecule has 188 valence electrons. The van der Waals surface area contributed by atoms with Crippen LogP contribution in [-0.2, 0) is 5.60 Å². The lowest BCUT2D eigenvalue weighted by molar-refractivity contribution is 0.0778. The van der Waals surface area contributed by atoms with E-state index in [1.807, 2.05) is 20.8 Å². The van der Waals surface area contributed by atoms with Gasteiger partial charge in [0.05, 0.1) is 22.3 Å². The number of benzene rings is 1. The molecule has 0 spiro atoms. The fourth-order valence-corrected chi connectivity index (χ4v) is 3.92. The molecule has 5 N–H and O–H groups in total. The number of aliphatic hydroxyl groups is 2. The Bertz CT molecular complexity index is 1050. The number of thiophene rings is 1. The Morgan fingerprint density at radius 3 is 2.03 bits per heavy atom. The SMILES string of the molecule is CC.CC/C(=C\C=C(/C)C(C)(C)O)Nc1sc(-c2c(F)cc(C(C)(C)O)cc2F)cc1C(N)=O.